The minimum Gasteiger partial charge on any atom is -0.406 e. The average Bonchev–Trinajstić information content (AvgIpc) is 2.91. The summed E-state index contributed by atoms with van der Waals surface area (Å²) in [6.45, 7) is -0.0959. The molecule has 206 valence electrons. The van der Waals surface area contributed by atoms with Crippen molar-refractivity contribution in [2.24, 2.45) is 5.73 Å². The Morgan fingerprint density at radius 3 is 2.18 bits per heavy atom. The number of carbonyl (C=O) groups excluding carboxylic acids is 3. The van der Waals surface area contributed by atoms with E-state index < -0.39 is 24.2 Å². The lowest BCUT2D eigenvalue weighted by atomic mass is 10.0. The quantitative estimate of drug-likeness (QED) is 0.160. The summed E-state index contributed by atoms with van der Waals surface area (Å²) in [6, 6.07) is 17.9. The Kier molecular flexibility index (Phi) is 9.98. The summed E-state index contributed by atoms with van der Waals surface area (Å²) in [5, 5.41) is 16.7. The van der Waals surface area contributed by atoms with Crippen molar-refractivity contribution < 1.29 is 37.5 Å². The highest BCUT2D eigenvalue weighted by Gasteiger charge is 2.31. The topological polar surface area (TPSA) is 155 Å². The number of anilines is 1. The van der Waals surface area contributed by atoms with Crippen LogP contribution in [0.5, 0.6) is 5.75 Å². The molecule has 0 saturated carbocycles. The van der Waals surface area contributed by atoms with Gasteiger partial charge in [0.05, 0.1) is 6.54 Å². The maximum Gasteiger partial charge on any atom is 0.573 e. The summed E-state index contributed by atoms with van der Waals surface area (Å²) in [6.07, 6.45) is -4.78. The summed E-state index contributed by atoms with van der Waals surface area (Å²) in [5.74, 6) is -2.03. The molecule has 3 amide bonds. The van der Waals surface area contributed by atoms with Gasteiger partial charge in [0.1, 0.15) is 11.8 Å². The fourth-order valence-corrected chi connectivity index (χ4v) is 3.49. The van der Waals surface area contributed by atoms with E-state index in [1.54, 1.807) is 54.6 Å². The van der Waals surface area contributed by atoms with Gasteiger partial charge in [0, 0.05) is 24.3 Å². The van der Waals surface area contributed by atoms with Crippen LogP contribution in [-0.2, 0) is 16.1 Å². The van der Waals surface area contributed by atoms with Crippen molar-refractivity contribution in [3.05, 3.63) is 83.9 Å². The molecule has 0 fully saturated rings. The van der Waals surface area contributed by atoms with Gasteiger partial charge in [-0.15, -0.1) is 13.2 Å². The van der Waals surface area contributed by atoms with Crippen molar-refractivity contribution in [2.75, 3.05) is 18.4 Å². The van der Waals surface area contributed by atoms with E-state index in [-0.39, 0.29) is 31.3 Å². The van der Waals surface area contributed by atoms with E-state index >= 15 is 0 Å². The van der Waals surface area contributed by atoms with Gasteiger partial charge in [-0.25, -0.2) is 5.48 Å². The van der Waals surface area contributed by atoms with Crippen LogP contribution in [0.1, 0.15) is 15.9 Å². The fraction of sp³-hybridized carbons (Fsp3) is 0.192. The highest BCUT2D eigenvalue weighted by molar-refractivity contribution is 5.98. The average molecular weight is 546 g/mol. The third-order valence-corrected chi connectivity index (χ3v) is 5.36. The molecular formula is C26H26F3N5O5. The number of alkyl halides is 3. The van der Waals surface area contributed by atoms with Crippen LogP contribution in [0.3, 0.4) is 0 Å². The Morgan fingerprint density at radius 2 is 1.59 bits per heavy atom. The monoisotopic (exact) mass is 545 g/mol. The molecule has 3 aromatic rings. The molecule has 1 atom stereocenters. The minimum absolute atomic E-state index is 0.0688. The van der Waals surface area contributed by atoms with Crippen molar-refractivity contribution in [3.63, 3.8) is 0 Å². The van der Waals surface area contributed by atoms with Gasteiger partial charge in [-0.1, -0.05) is 36.4 Å². The normalized spacial score (nSPS) is 11.8. The lowest BCUT2D eigenvalue weighted by molar-refractivity contribution is -0.274. The van der Waals surface area contributed by atoms with Crippen molar-refractivity contribution in [1.82, 2.24) is 16.1 Å². The molecule has 7 N–H and O–H groups in total. The maximum absolute atomic E-state index is 12.4. The number of carbonyl (C=O) groups is 3. The summed E-state index contributed by atoms with van der Waals surface area (Å²) in [4.78, 5) is 36.1. The SMILES string of the molecule is NC[C@H](NC(=O)c1ccc(-c2ccc(NC(=O)CNCc3cccc(OC(F)(F)F)c3)cc2)cc1)C(=O)NO. The van der Waals surface area contributed by atoms with Gasteiger partial charge in [-0.2, -0.15) is 0 Å². The van der Waals surface area contributed by atoms with Gasteiger partial charge >= 0.3 is 6.36 Å². The van der Waals surface area contributed by atoms with Gasteiger partial charge in [-0.3, -0.25) is 19.6 Å². The van der Waals surface area contributed by atoms with Gasteiger partial charge in [-0.05, 0) is 53.1 Å². The number of hydrogen-bond donors (Lipinski definition) is 6. The van der Waals surface area contributed by atoms with E-state index in [1.165, 1.54) is 23.7 Å². The first-order chi connectivity index (χ1) is 18.6. The van der Waals surface area contributed by atoms with Gasteiger partial charge in [0.25, 0.3) is 11.8 Å². The highest BCUT2D eigenvalue weighted by atomic mass is 19.4. The molecule has 0 aromatic heterocycles. The standard InChI is InChI=1S/C26H26F3N5O5/c27-26(28,29)39-21-3-1-2-16(12-21)14-31-15-23(35)32-20-10-8-18(9-11-20)17-4-6-19(7-5-17)24(36)33-22(13-30)25(37)34-38/h1-12,22,31,38H,13-15,30H2,(H,32,35)(H,33,36)(H,34,37)/t22-/m0/s1. The first kappa shape index (κ1) is 29.1. The molecule has 0 saturated heterocycles. The molecule has 0 bridgehead atoms. The van der Waals surface area contributed by atoms with E-state index in [4.69, 9.17) is 10.9 Å². The van der Waals surface area contributed by atoms with Crippen LogP contribution in [0.4, 0.5) is 18.9 Å². The molecule has 0 unspecified atom stereocenters. The lowest BCUT2D eigenvalue weighted by Gasteiger charge is -2.14. The smallest absolute Gasteiger partial charge is 0.406 e. The molecule has 0 radical (unpaired) electrons. The number of rotatable bonds is 11. The van der Waals surface area contributed by atoms with E-state index in [9.17, 15) is 27.6 Å². The summed E-state index contributed by atoms with van der Waals surface area (Å²) in [5.41, 5.74) is 9.85. The number of ether oxygens (including phenoxy) is 1. The zero-order chi connectivity index (χ0) is 28.4. The van der Waals surface area contributed by atoms with E-state index in [1.807, 2.05) is 0 Å². The molecule has 13 heteroatoms. The highest BCUT2D eigenvalue weighted by Crippen LogP contribution is 2.24. The summed E-state index contributed by atoms with van der Waals surface area (Å²) in [7, 11) is 0. The van der Waals surface area contributed by atoms with Crippen molar-refractivity contribution in [1.29, 1.82) is 0 Å². The summed E-state index contributed by atoms with van der Waals surface area (Å²) >= 11 is 0. The predicted molar refractivity (Wildman–Crippen MR) is 136 cm³/mol. The van der Waals surface area contributed by atoms with Crippen LogP contribution >= 0.6 is 0 Å². The molecule has 0 aliphatic heterocycles. The van der Waals surface area contributed by atoms with E-state index in [2.05, 4.69) is 20.7 Å². The number of nitrogens with two attached hydrogens (primary N) is 1. The Morgan fingerprint density at radius 1 is 0.949 bits per heavy atom. The fourth-order valence-electron chi connectivity index (χ4n) is 3.49. The molecule has 0 aliphatic rings. The second kappa shape index (κ2) is 13.4. The van der Waals surface area contributed by atoms with E-state index in [0.717, 1.165) is 11.1 Å². The number of halogens is 3. The largest absolute Gasteiger partial charge is 0.573 e. The van der Waals surface area contributed by atoms with Crippen LogP contribution < -0.4 is 31.9 Å². The number of benzene rings is 3. The van der Waals surface area contributed by atoms with Crippen molar-refractivity contribution in [2.45, 2.75) is 18.9 Å². The first-order valence-electron chi connectivity index (χ1n) is 11.6. The van der Waals surface area contributed by atoms with Crippen LogP contribution in [-0.4, -0.2) is 48.4 Å². The van der Waals surface area contributed by atoms with Crippen molar-refractivity contribution >= 4 is 23.4 Å². The van der Waals surface area contributed by atoms with Crippen LogP contribution in [0.2, 0.25) is 0 Å². The third kappa shape index (κ3) is 9.10. The van der Waals surface area contributed by atoms with Gasteiger partial charge < -0.3 is 26.4 Å². The minimum atomic E-state index is -4.78. The first-order valence-corrected chi connectivity index (χ1v) is 11.6. The van der Waals surface area contributed by atoms with Crippen molar-refractivity contribution in [3.8, 4) is 16.9 Å². The number of nitrogens with one attached hydrogen (secondary N) is 4. The zero-order valence-corrected chi connectivity index (χ0v) is 20.4. The molecular weight excluding hydrogens is 519 g/mol. The summed E-state index contributed by atoms with van der Waals surface area (Å²) < 4.78 is 41.0. The molecule has 0 aliphatic carbocycles. The second-order valence-corrected chi connectivity index (χ2v) is 8.24. The maximum atomic E-state index is 12.4. The van der Waals surface area contributed by atoms with Crippen LogP contribution in [0.15, 0.2) is 72.8 Å². The lowest BCUT2D eigenvalue weighted by Crippen LogP contribution is -2.50. The number of hydroxylamine groups is 1. The second-order valence-electron chi connectivity index (χ2n) is 8.24. The Hall–Kier alpha value is -4.46. The number of amides is 3. The zero-order valence-electron chi connectivity index (χ0n) is 20.4. The van der Waals surface area contributed by atoms with Crippen LogP contribution in [0, 0.1) is 0 Å². The Labute approximate surface area is 221 Å². The Bertz CT molecular complexity index is 1280. The molecule has 3 rings (SSSR count). The molecule has 0 heterocycles. The van der Waals surface area contributed by atoms with Gasteiger partial charge in [0.2, 0.25) is 5.91 Å². The molecule has 3 aromatic carbocycles. The molecule has 10 nitrogen and oxygen atoms in total. The Balaban J connectivity index is 1.49. The predicted octanol–water partition coefficient (Wildman–Crippen LogP) is 2.54. The number of hydrogen-bond acceptors (Lipinski definition) is 7. The third-order valence-electron chi connectivity index (χ3n) is 5.36. The molecule has 39 heavy (non-hydrogen) atoms. The van der Waals surface area contributed by atoms with Gasteiger partial charge in [0.15, 0.2) is 0 Å². The van der Waals surface area contributed by atoms with Crippen LogP contribution in [0.25, 0.3) is 11.1 Å². The van der Waals surface area contributed by atoms with E-state index in [0.29, 0.717) is 16.8 Å². The molecule has 0 spiro atoms.